The number of carbonyl (C=O) groups excluding carboxylic acids is 2. The van der Waals surface area contributed by atoms with Gasteiger partial charge in [-0.2, -0.15) is 0 Å². The Bertz CT molecular complexity index is 521. The van der Waals surface area contributed by atoms with Crippen LogP contribution in [-0.2, 0) is 20.7 Å². The Morgan fingerprint density at radius 1 is 1.35 bits per heavy atom. The smallest absolute Gasteiger partial charge is 0.218 e. The van der Waals surface area contributed by atoms with Gasteiger partial charge in [0.25, 0.3) is 0 Å². The number of fused-ring (bicyclic) bond motifs is 1. The summed E-state index contributed by atoms with van der Waals surface area (Å²) in [5, 5.41) is 0.566. The van der Waals surface area contributed by atoms with E-state index in [1.807, 2.05) is 0 Å². The molecule has 0 fully saturated rings. The van der Waals surface area contributed by atoms with E-state index in [4.69, 9.17) is 21.1 Å². The molecule has 1 atom stereocenters. The average molecular weight is 297 g/mol. The van der Waals surface area contributed by atoms with E-state index in [2.05, 4.69) is 0 Å². The summed E-state index contributed by atoms with van der Waals surface area (Å²) < 4.78 is 10.6. The molecule has 4 nitrogen and oxygen atoms in total. The summed E-state index contributed by atoms with van der Waals surface area (Å²) in [5.74, 6) is -1.22. The molecule has 5 heteroatoms. The van der Waals surface area contributed by atoms with E-state index in [0.717, 1.165) is 5.56 Å². The second kappa shape index (κ2) is 6.48. The molecule has 20 heavy (non-hydrogen) atoms. The van der Waals surface area contributed by atoms with Gasteiger partial charge >= 0.3 is 0 Å². The van der Waals surface area contributed by atoms with E-state index >= 15 is 0 Å². The van der Waals surface area contributed by atoms with E-state index < -0.39 is 12.2 Å². The molecule has 0 N–H and O–H groups in total. The zero-order valence-electron chi connectivity index (χ0n) is 11.5. The summed E-state index contributed by atoms with van der Waals surface area (Å²) >= 11 is 5.91. The van der Waals surface area contributed by atoms with Gasteiger partial charge in [0.05, 0.1) is 5.92 Å². The van der Waals surface area contributed by atoms with Crippen molar-refractivity contribution in [2.45, 2.75) is 26.6 Å². The summed E-state index contributed by atoms with van der Waals surface area (Å²) in [6.07, 6.45) is -0.603. The fourth-order valence-electron chi connectivity index (χ4n) is 2.38. The topological polar surface area (TPSA) is 52.6 Å². The number of ketones is 2. The minimum Gasteiger partial charge on any atom is -0.346 e. The fraction of sp³-hybridized carbons (Fsp3) is 0.467. The molecule has 0 bridgehead atoms. The van der Waals surface area contributed by atoms with Crippen LogP contribution in [0.5, 0.6) is 0 Å². The van der Waals surface area contributed by atoms with E-state index in [9.17, 15) is 9.59 Å². The van der Waals surface area contributed by atoms with Crippen molar-refractivity contribution in [1.29, 1.82) is 0 Å². The van der Waals surface area contributed by atoms with Crippen LogP contribution in [0.25, 0.3) is 0 Å². The third-order valence-electron chi connectivity index (χ3n) is 3.29. The molecule has 1 aliphatic carbocycles. The van der Waals surface area contributed by atoms with Gasteiger partial charge in [-0.15, -0.1) is 0 Å². The molecule has 0 aliphatic heterocycles. The third kappa shape index (κ3) is 2.92. The lowest BCUT2D eigenvalue weighted by molar-refractivity contribution is -0.170. The van der Waals surface area contributed by atoms with Gasteiger partial charge in [0, 0.05) is 23.8 Å². The molecule has 0 radical (unpaired) electrons. The van der Waals surface area contributed by atoms with E-state index in [-0.39, 0.29) is 11.6 Å². The SMILES string of the molecule is CCOC(OCC)C(=O)C1Cc2cc(Cl)ccc2C1=O. The van der Waals surface area contributed by atoms with Gasteiger partial charge in [0.1, 0.15) is 0 Å². The highest BCUT2D eigenvalue weighted by atomic mass is 35.5. The Morgan fingerprint density at radius 3 is 2.60 bits per heavy atom. The molecule has 1 unspecified atom stereocenters. The molecule has 2 rings (SSSR count). The van der Waals surface area contributed by atoms with Crippen LogP contribution in [0.2, 0.25) is 5.02 Å². The normalized spacial score (nSPS) is 17.6. The van der Waals surface area contributed by atoms with Gasteiger partial charge in [0.2, 0.25) is 6.29 Å². The predicted molar refractivity (Wildman–Crippen MR) is 75.0 cm³/mol. The zero-order valence-corrected chi connectivity index (χ0v) is 12.3. The lowest BCUT2D eigenvalue weighted by Gasteiger charge is -2.18. The minimum absolute atomic E-state index is 0.175. The first kappa shape index (κ1) is 15.2. The molecule has 0 saturated carbocycles. The molecule has 0 amide bonds. The van der Waals surface area contributed by atoms with Gasteiger partial charge in [-0.3, -0.25) is 9.59 Å². The molecule has 0 spiro atoms. The maximum absolute atomic E-state index is 12.4. The number of halogens is 1. The number of rotatable bonds is 6. The van der Waals surface area contributed by atoms with Crippen molar-refractivity contribution in [2.75, 3.05) is 13.2 Å². The first-order valence-corrected chi connectivity index (χ1v) is 7.05. The molecule has 0 heterocycles. The van der Waals surface area contributed by atoms with Crippen molar-refractivity contribution in [3.63, 3.8) is 0 Å². The molecule has 1 aromatic carbocycles. The maximum Gasteiger partial charge on any atom is 0.218 e. The van der Waals surface area contributed by atoms with Crippen LogP contribution >= 0.6 is 11.6 Å². The lowest BCUT2D eigenvalue weighted by Crippen LogP contribution is -2.35. The second-order valence-corrected chi connectivity index (χ2v) is 5.00. The largest absolute Gasteiger partial charge is 0.346 e. The monoisotopic (exact) mass is 296 g/mol. The Labute approximate surface area is 123 Å². The highest BCUT2D eigenvalue weighted by Gasteiger charge is 2.39. The van der Waals surface area contributed by atoms with E-state index in [0.29, 0.717) is 30.2 Å². The summed E-state index contributed by atoms with van der Waals surface area (Å²) in [7, 11) is 0. The second-order valence-electron chi connectivity index (χ2n) is 4.57. The molecule has 1 aliphatic rings. The van der Waals surface area contributed by atoms with Gasteiger partial charge < -0.3 is 9.47 Å². The first-order valence-electron chi connectivity index (χ1n) is 6.68. The third-order valence-corrected chi connectivity index (χ3v) is 3.52. The summed E-state index contributed by atoms with van der Waals surface area (Å²) in [4.78, 5) is 24.7. The Balaban J connectivity index is 2.19. The molecular formula is C15H17ClO4. The molecule has 0 aromatic heterocycles. The number of ether oxygens (including phenoxy) is 2. The van der Waals surface area contributed by atoms with Crippen LogP contribution in [0.1, 0.15) is 29.8 Å². The van der Waals surface area contributed by atoms with Crippen molar-refractivity contribution in [3.8, 4) is 0 Å². The number of benzene rings is 1. The van der Waals surface area contributed by atoms with Crippen molar-refractivity contribution in [1.82, 2.24) is 0 Å². The predicted octanol–water partition coefficient (Wildman–Crippen LogP) is 2.66. The van der Waals surface area contributed by atoms with Gasteiger partial charge in [0.15, 0.2) is 11.6 Å². The average Bonchev–Trinajstić information content (AvgIpc) is 2.74. The van der Waals surface area contributed by atoms with E-state index in [1.54, 1.807) is 32.0 Å². The Kier molecular flexibility index (Phi) is 4.91. The van der Waals surface area contributed by atoms with Crippen LogP contribution in [0, 0.1) is 5.92 Å². The maximum atomic E-state index is 12.4. The number of hydrogen-bond acceptors (Lipinski definition) is 4. The van der Waals surface area contributed by atoms with Crippen LogP contribution in [-0.4, -0.2) is 31.1 Å². The Hall–Kier alpha value is -1.23. The quantitative estimate of drug-likeness (QED) is 0.598. The highest BCUT2D eigenvalue weighted by Crippen LogP contribution is 2.30. The summed E-state index contributed by atoms with van der Waals surface area (Å²) in [6, 6.07) is 5.07. The van der Waals surface area contributed by atoms with Gasteiger partial charge in [-0.25, -0.2) is 0 Å². The lowest BCUT2D eigenvalue weighted by atomic mass is 9.99. The minimum atomic E-state index is -0.969. The Morgan fingerprint density at radius 2 is 2.00 bits per heavy atom. The zero-order chi connectivity index (χ0) is 14.7. The highest BCUT2D eigenvalue weighted by molar-refractivity contribution is 6.31. The van der Waals surface area contributed by atoms with Crippen molar-refractivity contribution >= 4 is 23.2 Å². The number of Topliss-reactive ketones (excluding diaryl/α,β-unsaturated/α-hetero) is 2. The number of carbonyl (C=O) groups is 2. The van der Waals surface area contributed by atoms with E-state index in [1.165, 1.54) is 0 Å². The number of hydrogen-bond donors (Lipinski definition) is 0. The first-order chi connectivity index (χ1) is 9.58. The van der Waals surface area contributed by atoms with Gasteiger partial charge in [-0.05, 0) is 44.0 Å². The van der Waals surface area contributed by atoms with Crippen molar-refractivity contribution < 1.29 is 19.1 Å². The fourth-order valence-corrected chi connectivity index (χ4v) is 2.58. The summed E-state index contributed by atoms with van der Waals surface area (Å²) in [5.41, 5.74) is 1.38. The van der Waals surface area contributed by atoms with Crippen LogP contribution < -0.4 is 0 Å². The standard InChI is InChI=1S/C15H17ClO4/c1-3-19-15(20-4-2)14(18)12-8-9-7-10(16)5-6-11(9)13(12)17/h5-7,12,15H,3-4,8H2,1-2H3. The van der Waals surface area contributed by atoms with Crippen LogP contribution in [0.3, 0.4) is 0 Å². The van der Waals surface area contributed by atoms with Gasteiger partial charge in [-0.1, -0.05) is 11.6 Å². The molecule has 1 aromatic rings. The molecular weight excluding hydrogens is 280 g/mol. The van der Waals surface area contributed by atoms with Crippen LogP contribution in [0.15, 0.2) is 18.2 Å². The van der Waals surface area contributed by atoms with Crippen LogP contribution in [0.4, 0.5) is 0 Å². The molecule has 108 valence electrons. The van der Waals surface area contributed by atoms with Crippen molar-refractivity contribution in [2.24, 2.45) is 5.92 Å². The summed E-state index contributed by atoms with van der Waals surface area (Å²) in [6.45, 7) is 4.28. The molecule has 0 saturated heterocycles. The van der Waals surface area contributed by atoms with Crippen molar-refractivity contribution in [3.05, 3.63) is 34.3 Å².